The molecule has 0 aliphatic carbocycles. The molecule has 0 aliphatic heterocycles. The zero-order valence-electron chi connectivity index (χ0n) is 12.5. The lowest BCUT2D eigenvalue weighted by Crippen LogP contribution is -2.32. The van der Waals surface area contributed by atoms with E-state index in [9.17, 15) is 13.2 Å². The zero-order chi connectivity index (χ0) is 16.7. The molecular weight excluding hydrogens is 334 g/mol. The van der Waals surface area contributed by atoms with E-state index in [0.29, 0.717) is 5.56 Å². The summed E-state index contributed by atoms with van der Waals surface area (Å²) in [6, 6.07) is 17.1. The third kappa shape index (κ3) is 4.56. The number of rotatable bonds is 7. The number of nitrogens with one attached hydrogen (secondary N) is 1. The van der Waals surface area contributed by atoms with Crippen molar-refractivity contribution in [2.75, 3.05) is 12.4 Å². The smallest absolute Gasteiger partial charge is 0.221 e. The van der Waals surface area contributed by atoms with Crippen LogP contribution in [0.4, 0.5) is 0 Å². The van der Waals surface area contributed by atoms with Gasteiger partial charge < -0.3 is 5.32 Å². The lowest BCUT2D eigenvalue weighted by Gasteiger charge is -2.19. The molecule has 0 radical (unpaired) electrons. The molecule has 0 spiro atoms. The van der Waals surface area contributed by atoms with Crippen LogP contribution in [0.1, 0.15) is 17.2 Å². The Kier molecular flexibility index (Phi) is 6.19. The highest BCUT2D eigenvalue weighted by Crippen LogP contribution is 2.28. The molecule has 0 aliphatic rings. The summed E-state index contributed by atoms with van der Waals surface area (Å²) in [4.78, 5) is 11.9. The molecule has 0 saturated carbocycles. The second-order valence-corrected chi connectivity index (χ2v) is 7.51. The fraction of sp³-hybridized carbons (Fsp3) is 0.235. The summed E-state index contributed by atoms with van der Waals surface area (Å²) in [7, 11) is -3.61. The van der Waals surface area contributed by atoms with Crippen LogP contribution in [0, 0.1) is 0 Å². The Hall–Kier alpha value is -1.85. The van der Waals surface area contributed by atoms with Crippen LogP contribution in [-0.4, -0.2) is 26.7 Å². The van der Waals surface area contributed by atoms with Gasteiger partial charge in [-0.05, 0) is 17.7 Å². The summed E-state index contributed by atoms with van der Waals surface area (Å²) in [5.41, 5.74) is 0.641. The van der Waals surface area contributed by atoms with Crippen molar-refractivity contribution in [2.45, 2.75) is 16.6 Å². The summed E-state index contributed by atoms with van der Waals surface area (Å²) in [5.74, 6) is -0.0583. The first kappa shape index (κ1) is 17.5. The topological polar surface area (TPSA) is 63.2 Å². The van der Waals surface area contributed by atoms with Gasteiger partial charge in [-0.25, -0.2) is 8.42 Å². The molecule has 4 nitrogen and oxygen atoms in total. The number of alkyl halides is 1. The average Bonchev–Trinajstić information content (AvgIpc) is 2.57. The minimum atomic E-state index is -3.61. The second-order valence-electron chi connectivity index (χ2n) is 5.00. The van der Waals surface area contributed by atoms with Gasteiger partial charge in [0.05, 0.1) is 4.90 Å². The summed E-state index contributed by atoms with van der Waals surface area (Å²) < 4.78 is 25.9. The zero-order valence-corrected chi connectivity index (χ0v) is 14.1. The van der Waals surface area contributed by atoms with Gasteiger partial charge in [-0.3, -0.25) is 4.79 Å². The van der Waals surface area contributed by atoms with Crippen LogP contribution < -0.4 is 5.32 Å². The molecule has 1 N–H and O–H groups in total. The van der Waals surface area contributed by atoms with Crippen molar-refractivity contribution < 1.29 is 13.2 Å². The Balaban J connectivity index is 2.32. The molecule has 0 unspecified atom stereocenters. The SMILES string of the molecule is O=C(CCCl)NC[C@H](c1ccccc1)S(=O)(=O)c1ccccc1. The van der Waals surface area contributed by atoms with Crippen LogP contribution in [0.3, 0.4) is 0 Å². The lowest BCUT2D eigenvalue weighted by atomic mass is 10.1. The lowest BCUT2D eigenvalue weighted by molar-refractivity contribution is -0.120. The molecule has 6 heteroatoms. The van der Waals surface area contributed by atoms with Crippen molar-refractivity contribution in [3.05, 3.63) is 66.2 Å². The molecule has 1 amide bonds. The van der Waals surface area contributed by atoms with Gasteiger partial charge in [0.2, 0.25) is 5.91 Å². The van der Waals surface area contributed by atoms with E-state index in [1.54, 1.807) is 54.6 Å². The molecule has 1 atom stereocenters. The summed E-state index contributed by atoms with van der Waals surface area (Å²) in [6.45, 7) is 0.0109. The standard InChI is InChI=1S/C17H18ClNO3S/c18-12-11-17(20)19-13-16(14-7-3-1-4-8-14)23(21,22)15-9-5-2-6-10-15/h1-10,16H,11-13H2,(H,19,20)/t16-/m1/s1. The van der Waals surface area contributed by atoms with Gasteiger partial charge >= 0.3 is 0 Å². The monoisotopic (exact) mass is 351 g/mol. The number of hydrogen-bond donors (Lipinski definition) is 1. The molecule has 2 aromatic carbocycles. The molecule has 0 heterocycles. The third-order valence-electron chi connectivity index (χ3n) is 3.42. The summed E-state index contributed by atoms with van der Waals surface area (Å²) in [6.07, 6.45) is 0.161. The fourth-order valence-corrected chi connectivity index (χ4v) is 4.08. The van der Waals surface area contributed by atoms with Crippen molar-refractivity contribution >= 4 is 27.3 Å². The summed E-state index contributed by atoms with van der Waals surface area (Å²) >= 11 is 5.54. The maximum absolute atomic E-state index is 12.9. The molecule has 2 aromatic rings. The van der Waals surface area contributed by atoms with Crippen molar-refractivity contribution in [3.8, 4) is 0 Å². The van der Waals surface area contributed by atoms with E-state index in [4.69, 9.17) is 11.6 Å². The molecule has 0 saturated heterocycles. The molecule has 0 bridgehead atoms. The highest BCUT2D eigenvalue weighted by Gasteiger charge is 2.29. The number of halogens is 1. The minimum Gasteiger partial charge on any atom is -0.354 e. The van der Waals surface area contributed by atoms with E-state index < -0.39 is 15.1 Å². The van der Waals surface area contributed by atoms with Crippen molar-refractivity contribution in [2.24, 2.45) is 0 Å². The number of sulfone groups is 1. The van der Waals surface area contributed by atoms with Gasteiger partial charge in [0, 0.05) is 18.8 Å². The Morgan fingerprint density at radius 2 is 1.57 bits per heavy atom. The molecular formula is C17H18ClNO3S. The average molecular weight is 352 g/mol. The van der Waals surface area contributed by atoms with Crippen molar-refractivity contribution in [3.63, 3.8) is 0 Å². The summed E-state index contributed by atoms with van der Waals surface area (Å²) in [5, 5.41) is 1.81. The van der Waals surface area contributed by atoms with Crippen molar-refractivity contribution in [1.82, 2.24) is 5.32 Å². The quantitative estimate of drug-likeness (QED) is 0.780. The van der Waals surface area contributed by atoms with Gasteiger partial charge in [-0.15, -0.1) is 11.6 Å². The van der Waals surface area contributed by atoms with Crippen LogP contribution >= 0.6 is 11.6 Å². The van der Waals surface area contributed by atoms with Crippen LogP contribution in [0.2, 0.25) is 0 Å². The highest BCUT2D eigenvalue weighted by molar-refractivity contribution is 7.91. The normalized spacial score (nSPS) is 12.6. The Labute approximate surface area is 141 Å². The predicted octanol–water partition coefficient (Wildman–Crippen LogP) is 2.95. The maximum Gasteiger partial charge on any atom is 0.221 e. The fourth-order valence-electron chi connectivity index (χ4n) is 2.23. The Bertz CT molecular complexity index is 733. The van der Waals surface area contributed by atoms with E-state index in [1.807, 2.05) is 6.07 Å². The Morgan fingerprint density at radius 3 is 2.13 bits per heavy atom. The van der Waals surface area contributed by atoms with Crippen LogP contribution in [-0.2, 0) is 14.6 Å². The van der Waals surface area contributed by atoms with Crippen LogP contribution in [0.15, 0.2) is 65.6 Å². The highest BCUT2D eigenvalue weighted by atomic mass is 35.5. The van der Waals surface area contributed by atoms with Gasteiger partial charge in [-0.2, -0.15) is 0 Å². The number of amides is 1. The van der Waals surface area contributed by atoms with Gasteiger partial charge in [0.1, 0.15) is 5.25 Å². The van der Waals surface area contributed by atoms with Crippen LogP contribution in [0.25, 0.3) is 0 Å². The Morgan fingerprint density at radius 1 is 1.00 bits per heavy atom. The van der Waals surface area contributed by atoms with E-state index >= 15 is 0 Å². The first-order valence-corrected chi connectivity index (χ1v) is 9.30. The molecule has 2 rings (SSSR count). The van der Waals surface area contributed by atoms with Crippen molar-refractivity contribution in [1.29, 1.82) is 0 Å². The number of carbonyl (C=O) groups is 1. The maximum atomic E-state index is 12.9. The molecule has 0 aromatic heterocycles. The van der Waals surface area contributed by atoms with Gasteiger partial charge in [0.15, 0.2) is 9.84 Å². The third-order valence-corrected chi connectivity index (χ3v) is 5.73. The van der Waals surface area contributed by atoms with E-state index in [1.165, 1.54) is 0 Å². The molecule has 0 fully saturated rings. The van der Waals surface area contributed by atoms with Gasteiger partial charge in [-0.1, -0.05) is 48.5 Å². The van der Waals surface area contributed by atoms with E-state index in [-0.39, 0.29) is 29.6 Å². The predicted molar refractivity (Wildman–Crippen MR) is 91.2 cm³/mol. The van der Waals surface area contributed by atoms with Gasteiger partial charge in [0.25, 0.3) is 0 Å². The van der Waals surface area contributed by atoms with E-state index in [0.717, 1.165) is 0 Å². The van der Waals surface area contributed by atoms with Crippen LogP contribution in [0.5, 0.6) is 0 Å². The first-order valence-electron chi connectivity index (χ1n) is 7.22. The largest absolute Gasteiger partial charge is 0.354 e. The number of carbonyl (C=O) groups excluding carboxylic acids is 1. The second kappa shape index (κ2) is 8.13. The molecule has 122 valence electrons. The molecule has 23 heavy (non-hydrogen) atoms. The minimum absolute atomic E-state index is 0.0109. The number of hydrogen-bond acceptors (Lipinski definition) is 3. The first-order chi connectivity index (χ1) is 11.1. The van der Waals surface area contributed by atoms with E-state index in [2.05, 4.69) is 5.32 Å². The number of benzene rings is 2.